The zero-order valence-electron chi connectivity index (χ0n) is 65.5. The molecule has 10 fully saturated rings. The summed E-state index contributed by atoms with van der Waals surface area (Å²) in [4.78, 5) is 51.1. The number of hydrogen-bond donors (Lipinski definition) is 30. The van der Waals surface area contributed by atoms with Gasteiger partial charge in [-0.2, -0.15) is 0 Å². The molecule has 10 saturated heterocycles. The van der Waals surface area contributed by atoms with Crippen LogP contribution < -0.4 is 21.3 Å². The number of aliphatic hydroxyl groups is 26. The highest BCUT2D eigenvalue weighted by atomic mass is 16.8. The molecule has 0 aromatic carbocycles. The predicted octanol–water partition coefficient (Wildman–Crippen LogP) is -20.2. The van der Waals surface area contributed by atoms with E-state index in [1.165, 1.54) is 13.8 Å². The minimum Gasteiger partial charge on any atom is -0.394 e. The molecule has 50 atom stereocenters. The van der Waals surface area contributed by atoms with Crippen molar-refractivity contribution >= 4 is 23.6 Å². The van der Waals surface area contributed by atoms with E-state index in [-0.39, 0.29) is 0 Å². The maximum atomic E-state index is 13.1. The third-order valence-electron chi connectivity index (χ3n) is 22.4. The standard InChI is InChI=1S/C68H114N4O49/c1-15-33(83)43(93)48(98)63(105-15)103-14-28-55(39(89)29(59(102)107-28)69-17(3)79)115-60-30(70-18(4)80)40(90)52(24(10-76)111-60)116-65-50(100)45(95)37(87)27(114-65)13-104-67-57(46(96)35(85)21(7-73)109-67)120-62-32(72-20(6)82)41(91)53(25(11-77)113-62)117-66-51(101)56(38(88)23(9-75)108-66)119-61-31(71-19(5)81)42(92)54(26(12-78)112-61)118-68-58(47(97)36(86)22(8-74)110-68)121-64-49(99)44(94)34(84)16(2)106-64/h15-16,21-68,73-78,83-102H,7-14H2,1-6H3,(H,69,79)(H,70,80)(H,71,81)(H,72,82)/t15-,16-,21+,22+,23+,24+,25+,26+,27+,28+,29+,30+,31+,32+,33+,34+,35+,36-,37+,38-,39+,40+,41+,42+,43+,44+,45-,46-,47-,48-,49-,50-,51+,52+,53+,54+,55+,56-,57-,58+,59+,60-,61-,62-,63+,64-,65-,66-,67-,68-/m0/s1. The molecule has 10 aliphatic rings. The van der Waals surface area contributed by atoms with Crippen molar-refractivity contribution in [3.63, 3.8) is 0 Å². The highest BCUT2D eigenvalue weighted by Gasteiger charge is 2.61. The maximum Gasteiger partial charge on any atom is 0.217 e. The van der Waals surface area contributed by atoms with E-state index >= 15 is 0 Å². The fourth-order valence-electron chi connectivity index (χ4n) is 15.7. The lowest BCUT2D eigenvalue weighted by atomic mass is 9.94. The van der Waals surface area contributed by atoms with Gasteiger partial charge in [0.2, 0.25) is 23.6 Å². The lowest BCUT2D eigenvalue weighted by Crippen LogP contribution is -2.71. The monoisotopic (exact) mass is 1770 g/mol. The molecule has 4 amide bonds. The molecule has 0 aromatic rings. The minimum atomic E-state index is -2.37. The minimum absolute atomic E-state index is 0.779. The summed E-state index contributed by atoms with van der Waals surface area (Å²) in [6.45, 7) is -1.95. The molecule has 0 saturated carbocycles. The first-order chi connectivity index (χ1) is 57.1. The lowest BCUT2D eigenvalue weighted by Gasteiger charge is -2.51. The van der Waals surface area contributed by atoms with Gasteiger partial charge in [-0.15, -0.1) is 0 Å². The Morgan fingerprint density at radius 1 is 0.231 bits per heavy atom. The van der Waals surface area contributed by atoms with Gasteiger partial charge in [-0.3, -0.25) is 19.2 Å². The van der Waals surface area contributed by atoms with E-state index in [2.05, 4.69) is 21.3 Å². The van der Waals surface area contributed by atoms with E-state index in [1.54, 1.807) is 0 Å². The summed E-state index contributed by atoms with van der Waals surface area (Å²) in [7, 11) is 0. The SMILES string of the molecule is CC(=O)N[C@@H]1[C@@H](O)[C@H](O[C@@H]2O[C@H](CO)[C@@H](O[C@@H]3O[C@H](CO[C@H]4O[C@H](CO)[C@@H](O)[C@H](O)[C@@H]4O[C@@H]4O[C@H](CO)[C@@H](O[C@@H]5O[C@H](CO)[C@H](O)[C@H](O[C@@H]6O[C@H](CO)[C@@H](O[C@@H]7O[C@H](CO)[C@H](O)[C@H](O)[C@H]7O[C@@H]7O[C@@H](C)[C@@H](O)[C@@H](O)[C@@H]7O)[C@H](O)[C@H]6NC(C)=O)[C@H]5O)[C@H](O)[C@H]4NC(C)=O)[C@@H](O)[C@H](O)[C@@H]3O)[C@H](O)[C@H]2NC(C)=O)[C@@H](CO[C@@H]2O[C@@H](C)[C@@H](O)[C@@H](O)[C@@H]2O)O[C@H]1O. The number of rotatable bonds is 30. The second-order valence-electron chi connectivity index (χ2n) is 31.0. The van der Waals surface area contributed by atoms with E-state index in [0.29, 0.717) is 0 Å². The van der Waals surface area contributed by atoms with Crippen LogP contribution in [0, 0.1) is 0 Å². The first-order valence-electron chi connectivity index (χ1n) is 38.8. The predicted molar refractivity (Wildman–Crippen MR) is 373 cm³/mol. The molecule has 0 aromatic heterocycles. The van der Waals surface area contributed by atoms with Crippen molar-refractivity contribution in [1.82, 2.24) is 21.3 Å². The third-order valence-corrected chi connectivity index (χ3v) is 22.4. The number of carbonyl (C=O) groups excluding carboxylic acids is 4. The Bertz CT molecular complexity index is 3270. The Morgan fingerprint density at radius 2 is 0.504 bits per heavy atom. The summed E-state index contributed by atoms with van der Waals surface area (Å²) >= 11 is 0. The van der Waals surface area contributed by atoms with Crippen LogP contribution in [0.15, 0.2) is 0 Å². The number of hydrogen-bond acceptors (Lipinski definition) is 49. The summed E-state index contributed by atoms with van der Waals surface area (Å²) in [5.74, 6) is -3.58. The van der Waals surface area contributed by atoms with Crippen LogP contribution in [0.25, 0.3) is 0 Å². The van der Waals surface area contributed by atoms with Crippen LogP contribution >= 0.6 is 0 Å². The molecule has 0 unspecified atom stereocenters. The summed E-state index contributed by atoms with van der Waals surface area (Å²) < 4.78 is 112. The molecule has 121 heavy (non-hydrogen) atoms. The molecular formula is C68H114N4O49. The molecule has 53 nitrogen and oxygen atoms in total. The molecule has 10 aliphatic heterocycles. The van der Waals surface area contributed by atoms with Gasteiger partial charge in [0.1, 0.15) is 232 Å². The number of ether oxygens (including phenoxy) is 19. The van der Waals surface area contributed by atoms with Gasteiger partial charge < -0.3 is 244 Å². The zero-order chi connectivity index (χ0) is 89.1. The molecular weight excluding hydrogens is 1660 g/mol. The van der Waals surface area contributed by atoms with Gasteiger partial charge in [-0.1, -0.05) is 0 Å². The molecule has 0 spiro atoms. The fourth-order valence-corrected chi connectivity index (χ4v) is 15.7. The van der Waals surface area contributed by atoms with Gasteiger partial charge >= 0.3 is 0 Å². The van der Waals surface area contributed by atoms with E-state index in [4.69, 9.17) is 90.0 Å². The summed E-state index contributed by atoms with van der Waals surface area (Å²) in [5.41, 5.74) is 0. The van der Waals surface area contributed by atoms with Gasteiger partial charge in [-0.25, -0.2) is 0 Å². The summed E-state index contributed by atoms with van der Waals surface area (Å²) in [5, 5.41) is 298. The quantitative estimate of drug-likeness (QED) is 0.0318. The van der Waals surface area contributed by atoms with E-state index in [0.717, 1.165) is 27.7 Å². The fraction of sp³-hybridized carbons (Fsp3) is 0.941. The van der Waals surface area contributed by atoms with Crippen LogP contribution in [-0.4, -0.2) is 516 Å². The third kappa shape index (κ3) is 22.0. The summed E-state index contributed by atoms with van der Waals surface area (Å²) in [6.07, 6.45) is -90.3. The van der Waals surface area contributed by atoms with Crippen molar-refractivity contribution in [3.05, 3.63) is 0 Å². The van der Waals surface area contributed by atoms with Gasteiger partial charge in [0.25, 0.3) is 0 Å². The van der Waals surface area contributed by atoms with E-state index in [9.17, 15) is 152 Å². The molecule has 10 heterocycles. The van der Waals surface area contributed by atoms with Crippen LogP contribution in [0.4, 0.5) is 0 Å². The van der Waals surface area contributed by atoms with Gasteiger partial charge in [0.15, 0.2) is 62.9 Å². The maximum absolute atomic E-state index is 13.1. The average molecular weight is 1770 g/mol. The lowest BCUT2D eigenvalue weighted by molar-refractivity contribution is -0.392. The number of amides is 4. The van der Waals surface area contributed by atoms with Crippen LogP contribution in [0.5, 0.6) is 0 Å². The first-order valence-corrected chi connectivity index (χ1v) is 38.8. The van der Waals surface area contributed by atoms with Crippen LogP contribution in [0.3, 0.4) is 0 Å². The highest BCUT2D eigenvalue weighted by molar-refractivity contribution is 5.74. The highest BCUT2D eigenvalue weighted by Crippen LogP contribution is 2.40. The molecule has 10 rings (SSSR count). The molecule has 700 valence electrons. The topological polar surface area (TPSA) is 818 Å². The second kappa shape index (κ2) is 43.0. The van der Waals surface area contributed by atoms with Crippen molar-refractivity contribution in [2.24, 2.45) is 0 Å². The molecule has 0 aliphatic carbocycles. The molecule has 0 radical (unpaired) electrons. The van der Waals surface area contributed by atoms with Crippen LogP contribution in [-0.2, 0) is 109 Å². The molecule has 53 heteroatoms. The van der Waals surface area contributed by atoms with Crippen LogP contribution in [0.2, 0.25) is 0 Å². The van der Waals surface area contributed by atoms with Crippen molar-refractivity contribution in [2.45, 2.75) is 348 Å². The van der Waals surface area contributed by atoms with E-state index in [1.807, 2.05) is 0 Å². The van der Waals surface area contributed by atoms with Crippen molar-refractivity contribution in [3.8, 4) is 0 Å². The normalized spacial score (nSPS) is 50.0. The van der Waals surface area contributed by atoms with Gasteiger partial charge in [0.05, 0.1) is 65.1 Å². The van der Waals surface area contributed by atoms with Crippen molar-refractivity contribution in [1.29, 1.82) is 0 Å². The Morgan fingerprint density at radius 3 is 0.942 bits per heavy atom. The van der Waals surface area contributed by atoms with Crippen LogP contribution in [0.1, 0.15) is 41.5 Å². The molecule has 0 bridgehead atoms. The van der Waals surface area contributed by atoms with Gasteiger partial charge in [0, 0.05) is 27.7 Å². The second-order valence-corrected chi connectivity index (χ2v) is 31.0. The summed E-state index contributed by atoms with van der Waals surface area (Å²) in [6, 6.07) is -7.40. The number of nitrogens with one attached hydrogen (secondary N) is 4. The molecule has 30 N–H and O–H groups in total. The van der Waals surface area contributed by atoms with Crippen molar-refractivity contribution in [2.75, 3.05) is 52.9 Å². The smallest absolute Gasteiger partial charge is 0.217 e. The average Bonchev–Trinajstić information content (AvgIpc) is 0.761. The first kappa shape index (κ1) is 99.2. The Hall–Kier alpha value is -3.92. The van der Waals surface area contributed by atoms with Crippen molar-refractivity contribution < 1.29 is 242 Å². The Balaban J connectivity index is 0.828. The number of carbonyl (C=O) groups is 4. The Labute approximate surface area is 686 Å². The largest absolute Gasteiger partial charge is 0.394 e. The zero-order valence-corrected chi connectivity index (χ0v) is 65.5. The van der Waals surface area contributed by atoms with Gasteiger partial charge in [-0.05, 0) is 13.8 Å². The Kier molecular flexibility index (Phi) is 35.3. The van der Waals surface area contributed by atoms with E-state index < -0.39 is 383 Å². The number of aliphatic hydroxyl groups excluding tert-OH is 26.